The van der Waals surface area contributed by atoms with Gasteiger partial charge in [-0.3, -0.25) is 0 Å². The first-order chi connectivity index (χ1) is 7.15. The summed E-state index contributed by atoms with van der Waals surface area (Å²) in [5, 5.41) is 10.9. The Hall–Kier alpha value is -0.440. The van der Waals surface area contributed by atoms with E-state index in [-0.39, 0.29) is 0 Å². The zero-order chi connectivity index (χ0) is 11.0. The lowest BCUT2D eigenvalue weighted by atomic mass is 10.0. The van der Waals surface area contributed by atoms with Crippen LogP contribution in [0.4, 0.5) is 0 Å². The maximum Gasteiger partial charge on any atom is 0.137 e. The van der Waals surface area contributed by atoms with Crippen molar-refractivity contribution in [2.24, 2.45) is 5.92 Å². The topological polar surface area (TPSA) is 29.5 Å². The number of halogens is 2. The van der Waals surface area contributed by atoms with Crippen LogP contribution in [-0.2, 0) is 0 Å². The molecule has 1 saturated carbocycles. The molecule has 1 fully saturated rings. The van der Waals surface area contributed by atoms with Gasteiger partial charge < -0.3 is 9.84 Å². The van der Waals surface area contributed by atoms with Crippen molar-refractivity contribution in [1.82, 2.24) is 0 Å². The minimum Gasteiger partial charge on any atom is -0.495 e. The molecule has 1 unspecified atom stereocenters. The number of rotatable bonds is 3. The predicted molar refractivity (Wildman–Crippen MR) is 60.7 cm³/mol. The Morgan fingerprint density at radius 2 is 2.07 bits per heavy atom. The van der Waals surface area contributed by atoms with Gasteiger partial charge in [0.25, 0.3) is 0 Å². The van der Waals surface area contributed by atoms with Gasteiger partial charge in [0, 0.05) is 10.6 Å². The molecular weight excluding hydrogens is 235 g/mol. The smallest absolute Gasteiger partial charge is 0.137 e. The number of ether oxygens (including phenoxy) is 1. The van der Waals surface area contributed by atoms with Crippen LogP contribution in [-0.4, -0.2) is 12.2 Å². The van der Waals surface area contributed by atoms with Crippen LogP contribution in [0.25, 0.3) is 0 Å². The predicted octanol–water partition coefficient (Wildman–Crippen LogP) is 3.45. The van der Waals surface area contributed by atoms with Crippen LogP contribution in [0.5, 0.6) is 5.75 Å². The van der Waals surface area contributed by atoms with E-state index in [0.29, 0.717) is 27.3 Å². The van der Waals surface area contributed by atoms with E-state index in [4.69, 9.17) is 27.9 Å². The van der Waals surface area contributed by atoms with E-state index in [1.165, 1.54) is 0 Å². The maximum absolute atomic E-state index is 10.0. The van der Waals surface area contributed by atoms with Crippen molar-refractivity contribution in [2.45, 2.75) is 18.9 Å². The summed E-state index contributed by atoms with van der Waals surface area (Å²) in [6.07, 6.45) is 1.50. The van der Waals surface area contributed by atoms with E-state index >= 15 is 0 Å². The van der Waals surface area contributed by atoms with Gasteiger partial charge >= 0.3 is 0 Å². The first kappa shape index (κ1) is 11.1. The minimum absolute atomic E-state index is 0.298. The molecule has 1 N–H and O–H groups in total. The van der Waals surface area contributed by atoms with Crippen LogP contribution in [0.1, 0.15) is 24.5 Å². The third-order valence-electron chi connectivity index (χ3n) is 2.68. The van der Waals surface area contributed by atoms with Gasteiger partial charge in [-0.2, -0.15) is 0 Å². The average molecular weight is 247 g/mol. The van der Waals surface area contributed by atoms with E-state index in [1.807, 2.05) is 0 Å². The Labute approximate surface area is 98.8 Å². The molecule has 1 aromatic rings. The van der Waals surface area contributed by atoms with Crippen LogP contribution in [0.3, 0.4) is 0 Å². The van der Waals surface area contributed by atoms with Gasteiger partial charge in [0.2, 0.25) is 0 Å². The van der Waals surface area contributed by atoms with Gasteiger partial charge in [-0.15, -0.1) is 0 Å². The third-order valence-corrected chi connectivity index (χ3v) is 3.39. The highest BCUT2D eigenvalue weighted by Crippen LogP contribution is 2.47. The van der Waals surface area contributed by atoms with E-state index < -0.39 is 6.10 Å². The highest BCUT2D eigenvalue weighted by molar-refractivity contribution is 6.37. The molecule has 15 heavy (non-hydrogen) atoms. The van der Waals surface area contributed by atoms with Crippen molar-refractivity contribution in [3.63, 3.8) is 0 Å². The number of hydrogen-bond donors (Lipinski definition) is 1. The first-order valence-electron chi connectivity index (χ1n) is 4.85. The Morgan fingerprint density at radius 3 is 2.60 bits per heavy atom. The highest BCUT2D eigenvalue weighted by Gasteiger charge is 2.33. The van der Waals surface area contributed by atoms with Gasteiger partial charge in [0.05, 0.1) is 18.2 Å². The molecule has 0 amide bonds. The van der Waals surface area contributed by atoms with E-state index in [2.05, 4.69) is 0 Å². The molecule has 0 aromatic heterocycles. The lowest BCUT2D eigenvalue weighted by Gasteiger charge is -2.15. The Balaban J connectivity index is 2.42. The highest BCUT2D eigenvalue weighted by atomic mass is 35.5. The van der Waals surface area contributed by atoms with Crippen LogP contribution in [0.15, 0.2) is 12.1 Å². The van der Waals surface area contributed by atoms with Crippen molar-refractivity contribution in [3.8, 4) is 5.75 Å². The van der Waals surface area contributed by atoms with Crippen molar-refractivity contribution in [3.05, 3.63) is 27.7 Å². The molecule has 2 nitrogen and oxygen atoms in total. The molecule has 1 aromatic carbocycles. The number of methoxy groups -OCH3 is 1. The molecule has 4 heteroatoms. The molecule has 0 aliphatic heterocycles. The number of benzene rings is 1. The van der Waals surface area contributed by atoms with Crippen molar-refractivity contribution in [1.29, 1.82) is 0 Å². The second-order valence-corrected chi connectivity index (χ2v) is 4.54. The van der Waals surface area contributed by atoms with Crippen molar-refractivity contribution < 1.29 is 9.84 Å². The summed E-state index contributed by atoms with van der Waals surface area (Å²) in [7, 11) is 1.54. The van der Waals surface area contributed by atoms with Crippen molar-refractivity contribution >= 4 is 23.2 Å². The second-order valence-electron chi connectivity index (χ2n) is 3.76. The van der Waals surface area contributed by atoms with Crippen LogP contribution < -0.4 is 4.74 Å². The molecule has 0 bridgehead atoms. The van der Waals surface area contributed by atoms with Gasteiger partial charge in [0.1, 0.15) is 5.75 Å². The van der Waals surface area contributed by atoms with Crippen LogP contribution in [0.2, 0.25) is 10.0 Å². The summed E-state index contributed by atoms with van der Waals surface area (Å²) in [4.78, 5) is 0. The Morgan fingerprint density at radius 1 is 1.40 bits per heavy atom. The maximum atomic E-state index is 10.0. The fourth-order valence-corrected chi connectivity index (χ4v) is 2.30. The fraction of sp³-hybridized carbons (Fsp3) is 0.455. The summed E-state index contributed by atoms with van der Waals surface area (Å²) in [5.74, 6) is 0.850. The molecule has 82 valence electrons. The Bertz CT molecular complexity index is 375. The second kappa shape index (κ2) is 4.20. The summed E-state index contributed by atoms with van der Waals surface area (Å²) < 4.78 is 5.09. The largest absolute Gasteiger partial charge is 0.495 e. The third kappa shape index (κ3) is 2.07. The van der Waals surface area contributed by atoms with Crippen LogP contribution >= 0.6 is 23.2 Å². The monoisotopic (exact) mass is 246 g/mol. The molecule has 1 aliphatic rings. The SMILES string of the molecule is COc1ccc(Cl)c(C(O)C2CC2)c1Cl. The van der Waals surface area contributed by atoms with E-state index in [9.17, 15) is 5.11 Å². The molecule has 0 heterocycles. The summed E-state index contributed by atoms with van der Waals surface area (Å²) >= 11 is 12.1. The van der Waals surface area contributed by atoms with Gasteiger partial charge in [-0.25, -0.2) is 0 Å². The van der Waals surface area contributed by atoms with Gasteiger partial charge in [-0.1, -0.05) is 23.2 Å². The summed E-state index contributed by atoms with van der Waals surface area (Å²) in [6, 6.07) is 3.40. The molecular formula is C11H12Cl2O2. The lowest BCUT2D eigenvalue weighted by Crippen LogP contribution is -2.02. The molecule has 0 spiro atoms. The van der Waals surface area contributed by atoms with Gasteiger partial charge in [-0.05, 0) is 30.9 Å². The van der Waals surface area contributed by atoms with E-state index in [1.54, 1.807) is 19.2 Å². The molecule has 1 atom stereocenters. The quantitative estimate of drug-likeness (QED) is 0.886. The zero-order valence-corrected chi connectivity index (χ0v) is 9.85. The van der Waals surface area contributed by atoms with E-state index in [0.717, 1.165) is 12.8 Å². The lowest BCUT2D eigenvalue weighted by molar-refractivity contribution is 0.153. The normalized spacial score (nSPS) is 17.6. The minimum atomic E-state index is -0.569. The number of aliphatic hydroxyl groups is 1. The molecule has 0 radical (unpaired) electrons. The fourth-order valence-electron chi connectivity index (χ4n) is 1.63. The first-order valence-corrected chi connectivity index (χ1v) is 5.60. The Kier molecular flexibility index (Phi) is 3.10. The number of aliphatic hydroxyl groups excluding tert-OH is 1. The number of hydrogen-bond acceptors (Lipinski definition) is 2. The molecule has 1 aliphatic carbocycles. The van der Waals surface area contributed by atoms with Gasteiger partial charge in [0.15, 0.2) is 0 Å². The standard InChI is InChI=1S/C11H12Cl2O2/c1-15-8-5-4-7(12)9(10(8)13)11(14)6-2-3-6/h4-6,11,14H,2-3H2,1H3. The summed E-state index contributed by atoms with van der Waals surface area (Å²) in [5.41, 5.74) is 0.597. The van der Waals surface area contributed by atoms with Crippen molar-refractivity contribution in [2.75, 3.05) is 7.11 Å². The van der Waals surface area contributed by atoms with Crippen LogP contribution in [0, 0.1) is 5.92 Å². The molecule has 0 saturated heterocycles. The molecule has 2 rings (SSSR count). The summed E-state index contributed by atoms with van der Waals surface area (Å²) in [6.45, 7) is 0. The average Bonchev–Trinajstić information content (AvgIpc) is 3.01. The zero-order valence-electron chi connectivity index (χ0n) is 8.34.